The third kappa shape index (κ3) is 8.01. The second-order valence-electron chi connectivity index (χ2n) is 17.6. The van der Waals surface area contributed by atoms with E-state index < -0.39 is 42.3 Å². The Hall–Kier alpha value is -5.80. The molecule has 5 aromatic rings. The topological polar surface area (TPSA) is 178 Å². The summed E-state index contributed by atoms with van der Waals surface area (Å²) in [6.07, 6.45) is 3.89. The van der Waals surface area contributed by atoms with Crippen LogP contribution in [0.25, 0.3) is 16.7 Å². The molecule has 5 fully saturated rings. The normalized spacial score (nSPS) is 25.0. The van der Waals surface area contributed by atoms with Crippen molar-refractivity contribution in [3.05, 3.63) is 64.6 Å². The number of piperidine rings is 2. The fourth-order valence-corrected chi connectivity index (χ4v) is 10.1. The Labute approximate surface area is 365 Å². The summed E-state index contributed by atoms with van der Waals surface area (Å²) in [5, 5.41) is 13.5. The van der Waals surface area contributed by atoms with Crippen LogP contribution < -0.4 is 26.1 Å². The summed E-state index contributed by atoms with van der Waals surface area (Å²) in [5.74, 6) is -0.440. The number of carbonyl (C=O) groups is 3. The highest BCUT2D eigenvalue weighted by Gasteiger charge is 2.39. The minimum Gasteiger partial charge on any atom is -0.378 e. The van der Waals surface area contributed by atoms with Crippen molar-refractivity contribution >= 4 is 51.6 Å². The van der Waals surface area contributed by atoms with Gasteiger partial charge in [-0.15, -0.1) is 0 Å². The largest absolute Gasteiger partial charge is 0.378 e. The number of anilines is 3. The summed E-state index contributed by atoms with van der Waals surface area (Å²) >= 11 is 0. The first-order valence-electron chi connectivity index (χ1n) is 22.1. The van der Waals surface area contributed by atoms with Crippen LogP contribution in [0.5, 0.6) is 0 Å². The zero-order valence-corrected chi connectivity index (χ0v) is 35.5. The van der Waals surface area contributed by atoms with Crippen LogP contribution in [0, 0.1) is 5.92 Å². The van der Waals surface area contributed by atoms with Crippen LogP contribution in [-0.2, 0) is 26.1 Å². The Morgan fingerprint density at radius 3 is 2.55 bits per heavy atom. The summed E-state index contributed by atoms with van der Waals surface area (Å²) in [5.41, 5.74) is 1.73. The van der Waals surface area contributed by atoms with Gasteiger partial charge >= 0.3 is 5.69 Å². The van der Waals surface area contributed by atoms with Crippen molar-refractivity contribution in [1.82, 2.24) is 43.7 Å². The van der Waals surface area contributed by atoms with Crippen LogP contribution in [0.1, 0.15) is 79.5 Å². The van der Waals surface area contributed by atoms with Gasteiger partial charge in [-0.1, -0.05) is 6.07 Å². The number of fused-ring (bicyclic) bond motifs is 2. The van der Waals surface area contributed by atoms with Crippen molar-refractivity contribution < 1.29 is 37.0 Å². The van der Waals surface area contributed by atoms with Crippen molar-refractivity contribution in [2.24, 2.45) is 13.0 Å². The van der Waals surface area contributed by atoms with Crippen LogP contribution in [0.4, 0.5) is 30.4 Å². The van der Waals surface area contributed by atoms with Gasteiger partial charge in [-0.25, -0.2) is 27.5 Å². The first kappa shape index (κ1) is 42.2. The number of aromatic nitrogens is 7. The molecular weight excluding hydrogens is 838 g/mol. The van der Waals surface area contributed by atoms with E-state index in [1.807, 2.05) is 18.2 Å². The molecule has 64 heavy (non-hydrogen) atoms. The van der Waals surface area contributed by atoms with E-state index >= 15 is 4.39 Å². The number of para-hydroxylation sites is 1. The van der Waals surface area contributed by atoms with Gasteiger partial charge in [0.2, 0.25) is 11.8 Å². The summed E-state index contributed by atoms with van der Waals surface area (Å²) in [7, 11) is 1.67. The van der Waals surface area contributed by atoms with E-state index in [1.54, 1.807) is 24.0 Å². The Morgan fingerprint density at radius 2 is 1.80 bits per heavy atom. The average molecular weight is 889 g/mol. The third-order valence-electron chi connectivity index (χ3n) is 13.6. The average Bonchev–Trinajstić information content (AvgIpc) is 3.97. The zero-order chi connectivity index (χ0) is 44.2. The van der Waals surface area contributed by atoms with Gasteiger partial charge in [0.05, 0.1) is 60.1 Å². The number of nitrogens with one attached hydrogen (secondary N) is 2. The van der Waals surface area contributed by atoms with Gasteiger partial charge in [-0.05, 0) is 62.6 Å². The molecule has 2 N–H and O–H groups in total. The number of halogens is 3. The van der Waals surface area contributed by atoms with E-state index in [2.05, 4.69) is 40.5 Å². The molecule has 0 bridgehead atoms. The number of nitrogens with zero attached hydrogens (tertiary/aromatic N) is 10. The predicted octanol–water partition coefficient (Wildman–Crippen LogP) is 3.63. The SMILES string of the molecule is Cn1c(=O)n(C2CCC(=O)NC2=O)c2cccc(N3CC(O[C@@H]4CCN(CC5CCC(n6cc(NC(=O)c7cnn8ccc(N9CCOCC9)nc78)c(C(F)F)n6)CC5)C[C@@H]4F)C3)c21. The highest BCUT2D eigenvalue weighted by atomic mass is 19.3. The fraction of sp³-hybridized carbons (Fsp3) is 0.558. The minimum absolute atomic E-state index is 0.0504. The molecule has 5 aliphatic rings. The first-order chi connectivity index (χ1) is 31.0. The maximum absolute atomic E-state index is 15.7. The third-order valence-corrected chi connectivity index (χ3v) is 13.6. The molecule has 4 aromatic heterocycles. The number of ether oxygens (including phenoxy) is 2. The van der Waals surface area contributed by atoms with Gasteiger partial charge in [-0.3, -0.25) is 38.4 Å². The first-order valence-corrected chi connectivity index (χ1v) is 22.1. The number of likely N-dealkylation sites (tertiary alicyclic amines) is 1. The summed E-state index contributed by atoms with van der Waals surface area (Å²) in [6, 6.07) is 6.50. The predicted molar refractivity (Wildman–Crippen MR) is 228 cm³/mol. The van der Waals surface area contributed by atoms with E-state index in [4.69, 9.17) is 9.47 Å². The van der Waals surface area contributed by atoms with E-state index in [0.717, 1.165) is 25.1 Å². The molecule has 10 rings (SSSR count). The molecule has 340 valence electrons. The number of aryl methyl sites for hydroxylation is 1. The standard InChI is InChI=1S/C43H51F3N12O6/c1-52-38-31(3-2-4-32(38)58(43(52)62)33-9-10-36(59)50-42(33)61)55-21-27(22-55)64-34-11-13-53(23-29(34)44)20-25-5-7-26(8-6-25)57-24-30(37(51-57)39(45)46)48-41(60)28-19-47-56-14-12-35(49-40(28)56)54-15-17-63-18-16-54/h2-4,12,14,19,24-27,29,33-34,39H,5-11,13,15-18,20-23H2,1H3,(H,48,60)(H,50,59,61)/t25?,26?,29-,33?,34+/m0/s1. The number of alkyl halides is 3. The lowest BCUT2D eigenvalue weighted by atomic mass is 9.85. The Morgan fingerprint density at radius 1 is 1.00 bits per heavy atom. The Balaban J connectivity index is 0.704. The molecule has 21 heteroatoms. The number of benzene rings is 1. The van der Waals surface area contributed by atoms with Crippen molar-refractivity contribution in [2.75, 3.05) is 74.1 Å². The number of morpholine rings is 1. The minimum atomic E-state index is -2.90. The maximum atomic E-state index is 15.7. The van der Waals surface area contributed by atoms with Gasteiger partial charge in [0.15, 0.2) is 11.3 Å². The number of rotatable bonds is 11. The van der Waals surface area contributed by atoms with Gasteiger partial charge in [0.1, 0.15) is 23.6 Å². The van der Waals surface area contributed by atoms with Crippen LogP contribution in [0.2, 0.25) is 0 Å². The van der Waals surface area contributed by atoms with Gasteiger partial charge < -0.3 is 24.6 Å². The van der Waals surface area contributed by atoms with Crippen LogP contribution >= 0.6 is 0 Å². The van der Waals surface area contributed by atoms with Gasteiger partial charge in [0.25, 0.3) is 12.3 Å². The molecule has 18 nitrogen and oxygen atoms in total. The van der Waals surface area contributed by atoms with Crippen molar-refractivity contribution in [3.63, 3.8) is 0 Å². The Kier molecular flexibility index (Phi) is 11.4. The van der Waals surface area contributed by atoms with E-state index in [-0.39, 0.29) is 54.4 Å². The second-order valence-corrected chi connectivity index (χ2v) is 17.6. The van der Waals surface area contributed by atoms with E-state index in [1.165, 1.54) is 26.0 Å². The summed E-state index contributed by atoms with van der Waals surface area (Å²) < 4.78 is 62.0. The second kappa shape index (κ2) is 17.3. The lowest BCUT2D eigenvalue weighted by Gasteiger charge is -2.45. The molecule has 1 aliphatic carbocycles. The molecule has 3 amide bonds. The lowest BCUT2D eigenvalue weighted by molar-refractivity contribution is -0.135. The molecule has 3 atom stereocenters. The highest BCUT2D eigenvalue weighted by molar-refractivity contribution is 6.08. The van der Waals surface area contributed by atoms with Crippen molar-refractivity contribution in [2.45, 2.75) is 81.8 Å². The molecule has 0 radical (unpaired) electrons. The number of carbonyl (C=O) groups excluding carboxylic acids is 3. The molecule has 1 saturated carbocycles. The van der Waals surface area contributed by atoms with Crippen LogP contribution in [-0.4, -0.2) is 134 Å². The summed E-state index contributed by atoms with van der Waals surface area (Å²) in [4.78, 5) is 62.2. The molecule has 1 aromatic carbocycles. The number of hydrogen-bond acceptors (Lipinski definition) is 12. The number of hydrogen-bond donors (Lipinski definition) is 2. The zero-order valence-electron chi connectivity index (χ0n) is 35.5. The number of amides is 3. The summed E-state index contributed by atoms with van der Waals surface area (Å²) in [6.45, 7) is 5.24. The molecule has 8 heterocycles. The maximum Gasteiger partial charge on any atom is 0.329 e. The van der Waals surface area contributed by atoms with E-state index in [0.29, 0.717) is 93.6 Å². The van der Waals surface area contributed by atoms with Crippen LogP contribution in [0.15, 0.2) is 47.7 Å². The lowest BCUT2D eigenvalue weighted by Crippen LogP contribution is -2.56. The smallest absolute Gasteiger partial charge is 0.329 e. The molecule has 0 spiro atoms. The molecular formula is C43H51F3N12O6. The van der Waals surface area contributed by atoms with Crippen molar-refractivity contribution in [3.8, 4) is 0 Å². The monoisotopic (exact) mass is 888 g/mol. The van der Waals surface area contributed by atoms with Crippen LogP contribution in [0.3, 0.4) is 0 Å². The fourth-order valence-electron chi connectivity index (χ4n) is 10.1. The molecule has 4 aliphatic heterocycles. The molecule has 4 saturated heterocycles. The number of imidazole rings is 1. The quantitative estimate of drug-likeness (QED) is 0.185. The van der Waals surface area contributed by atoms with Gasteiger partial charge in [0, 0.05) is 71.7 Å². The van der Waals surface area contributed by atoms with E-state index in [9.17, 15) is 28.0 Å². The van der Waals surface area contributed by atoms with Gasteiger partial charge in [-0.2, -0.15) is 10.2 Å². The Bertz CT molecular complexity index is 2630. The molecule has 1 unspecified atom stereocenters. The number of imide groups is 1. The highest BCUT2D eigenvalue weighted by Crippen LogP contribution is 2.37. The van der Waals surface area contributed by atoms with Crippen molar-refractivity contribution in [1.29, 1.82) is 0 Å².